The molecule has 1 aliphatic rings. The van der Waals surface area contributed by atoms with Crippen molar-refractivity contribution in [2.45, 2.75) is 31.5 Å². The minimum Gasteiger partial charge on any atom is -0.496 e. The largest absolute Gasteiger partial charge is 0.496 e. The van der Waals surface area contributed by atoms with Crippen LogP contribution in [0.4, 0.5) is 4.39 Å². The van der Waals surface area contributed by atoms with E-state index in [4.69, 9.17) is 18.6 Å². The number of nitrogens with zero attached hydrogens (tertiary/aromatic N) is 4. The lowest BCUT2D eigenvalue weighted by atomic mass is 9.90. The molecule has 5 aromatic rings. The number of aliphatic hydroxyl groups is 1. The molecule has 6 rings (SSSR count). The fourth-order valence-electron chi connectivity index (χ4n) is 4.42. The van der Waals surface area contributed by atoms with Gasteiger partial charge in [-0.3, -0.25) is 9.37 Å². The number of fused-ring (bicyclic) bond motifs is 2. The average molecular weight is 525 g/mol. The van der Waals surface area contributed by atoms with Crippen LogP contribution in [0.25, 0.3) is 27.4 Å². The van der Waals surface area contributed by atoms with Crippen LogP contribution < -0.4 is 9.47 Å². The number of pyridine rings is 1. The van der Waals surface area contributed by atoms with Crippen molar-refractivity contribution in [1.29, 1.82) is 0 Å². The maximum atomic E-state index is 12.6. The molecule has 4 aromatic heterocycles. The van der Waals surface area contributed by atoms with E-state index in [0.29, 0.717) is 75.9 Å². The third-order valence-electron chi connectivity index (χ3n) is 6.43. The minimum absolute atomic E-state index is 0.199. The van der Waals surface area contributed by atoms with Crippen molar-refractivity contribution in [2.75, 3.05) is 27.0 Å². The molecule has 11 heteroatoms. The summed E-state index contributed by atoms with van der Waals surface area (Å²) < 4.78 is 37.4. The topological polar surface area (TPSA) is 104 Å². The number of aromatic nitrogens is 4. The molecule has 0 aliphatic carbocycles. The van der Waals surface area contributed by atoms with E-state index in [1.807, 2.05) is 24.3 Å². The lowest BCUT2D eigenvalue weighted by Crippen LogP contribution is -2.34. The summed E-state index contributed by atoms with van der Waals surface area (Å²) in [6, 6.07) is 11.0. The highest BCUT2D eigenvalue weighted by molar-refractivity contribution is 7.16. The third-order valence-corrected chi connectivity index (χ3v) is 7.42. The Morgan fingerprint density at radius 2 is 2.05 bits per heavy atom. The van der Waals surface area contributed by atoms with Gasteiger partial charge in [-0.2, -0.15) is 5.10 Å². The zero-order chi connectivity index (χ0) is 25.4. The van der Waals surface area contributed by atoms with Crippen molar-refractivity contribution in [3.8, 4) is 23.0 Å². The first-order valence-corrected chi connectivity index (χ1v) is 12.8. The maximum Gasteiger partial charge on any atom is 0.212 e. The number of aryl methyl sites for hydroxylation is 1. The Kier molecular flexibility index (Phi) is 6.27. The van der Waals surface area contributed by atoms with Crippen LogP contribution in [-0.2, 0) is 23.4 Å². The summed E-state index contributed by atoms with van der Waals surface area (Å²) in [7, 11) is 1.58. The van der Waals surface area contributed by atoms with Crippen molar-refractivity contribution in [3.63, 3.8) is 0 Å². The standard InChI is InChI=1S/C26H25FN4O5S/c1-33-17-11-20(35-15-16-3-2-4-23(28-16)26(32)6-9-34-10-7-26)18-13-22(36-21(18)12-17)19-14-31-25(29-19)37-24(30-31)5-8-27/h2-4,11-14,32H,5-10,15H2,1H3. The molecule has 9 nitrogen and oxygen atoms in total. The third kappa shape index (κ3) is 4.65. The van der Waals surface area contributed by atoms with Crippen molar-refractivity contribution in [1.82, 2.24) is 19.6 Å². The molecule has 1 N–H and O–H groups in total. The number of alkyl halides is 1. The minimum atomic E-state index is -0.989. The van der Waals surface area contributed by atoms with Gasteiger partial charge < -0.3 is 23.7 Å². The first kappa shape index (κ1) is 23.8. The molecule has 0 atom stereocenters. The Morgan fingerprint density at radius 1 is 1.19 bits per heavy atom. The van der Waals surface area contributed by atoms with Crippen LogP contribution in [-0.4, -0.2) is 51.7 Å². The monoisotopic (exact) mass is 524 g/mol. The van der Waals surface area contributed by atoms with Crippen molar-refractivity contribution >= 4 is 27.3 Å². The molecule has 0 saturated carbocycles. The Bertz CT molecular complexity index is 1520. The van der Waals surface area contributed by atoms with Gasteiger partial charge in [-0.25, -0.2) is 9.50 Å². The molecule has 37 heavy (non-hydrogen) atoms. The van der Waals surface area contributed by atoms with Crippen LogP contribution in [0.15, 0.2) is 47.0 Å². The fraction of sp³-hybridized carbons (Fsp3) is 0.346. The van der Waals surface area contributed by atoms with E-state index >= 15 is 0 Å². The van der Waals surface area contributed by atoms with Crippen LogP contribution in [0.2, 0.25) is 0 Å². The maximum absolute atomic E-state index is 12.6. The second kappa shape index (κ2) is 9.73. The van der Waals surface area contributed by atoms with Gasteiger partial charge >= 0.3 is 0 Å². The lowest BCUT2D eigenvalue weighted by molar-refractivity contribution is -0.0706. The van der Waals surface area contributed by atoms with E-state index in [0.717, 1.165) is 5.39 Å². The molecule has 1 saturated heterocycles. The molecule has 0 radical (unpaired) electrons. The molecule has 5 heterocycles. The first-order valence-electron chi connectivity index (χ1n) is 12.0. The number of benzene rings is 1. The van der Waals surface area contributed by atoms with E-state index in [2.05, 4.69) is 15.1 Å². The van der Waals surface area contributed by atoms with E-state index in [9.17, 15) is 9.50 Å². The summed E-state index contributed by atoms with van der Waals surface area (Å²) in [5.74, 6) is 1.72. The van der Waals surface area contributed by atoms with Crippen molar-refractivity contribution in [2.24, 2.45) is 0 Å². The molecule has 1 fully saturated rings. The second-order valence-electron chi connectivity index (χ2n) is 8.88. The van der Waals surface area contributed by atoms with Crippen LogP contribution in [0, 0.1) is 0 Å². The zero-order valence-electron chi connectivity index (χ0n) is 20.1. The van der Waals surface area contributed by atoms with Crippen LogP contribution in [0.3, 0.4) is 0 Å². The van der Waals surface area contributed by atoms with E-state index < -0.39 is 12.3 Å². The molecule has 0 bridgehead atoms. The Hall–Kier alpha value is -3.54. The van der Waals surface area contributed by atoms with Gasteiger partial charge in [0.15, 0.2) is 5.76 Å². The molecule has 1 aromatic carbocycles. The smallest absolute Gasteiger partial charge is 0.212 e. The van der Waals surface area contributed by atoms with Gasteiger partial charge in [0.2, 0.25) is 4.96 Å². The van der Waals surface area contributed by atoms with Crippen LogP contribution in [0.5, 0.6) is 11.5 Å². The Balaban J connectivity index is 1.28. The highest BCUT2D eigenvalue weighted by Crippen LogP contribution is 2.37. The highest BCUT2D eigenvalue weighted by Gasteiger charge is 2.33. The summed E-state index contributed by atoms with van der Waals surface area (Å²) in [5.41, 5.74) is 1.54. The fourth-order valence-corrected chi connectivity index (χ4v) is 5.27. The molecular formula is C26H25FN4O5S. The van der Waals surface area contributed by atoms with Gasteiger partial charge in [0.1, 0.15) is 40.0 Å². The number of hydrogen-bond donors (Lipinski definition) is 1. The molecular weight excluding hydrogens is 499 g/mol. The van der Waals surface area contributed by atoms with Crippen LogP contribution >= 0.6 is 11.3 Å². The molecule has 1 aliphatic heterocycles. The molecule has 0 spiro atoms. The van der Waals surface area contributed by atoms with Crippen LogP contribution in [0.1, 0.15) is 29.2 Å². The average Bonchev–Trinajstić information content (AvgIpc) is 3.61. The van der Waals surface area contributed by atoms with Gasteiger partial charge in [0, 0.05) is 44.6 Å². The molecule has 192 valence electrons. The van der Waals surface area contributed by atoms with E-state index in [-0.39, 0.29) is 13.0 Å². The number of imidazole rings is 1. The highest BCUT2D eigenvalue weighted by atomic mass is 32.1. The molecule has 0 unspecified atom stereocenters. The van der Waals surface area contributed by atoms with E-state index in [1.165, 1.54) is 11.3 Å². The van der Waals surface area contributed by atoms with Gasteiger partial charge in [-0.05, 0) is 18.2 Å². The summed E-state index contributed by atoms with van der Waals surface area (Å²) >= 11 is 1.35. The van der Waals surface area contributed by atoms with Gasteiger partial charge in [0.05, 0.1) is 36.8 Å². The van der Waals surface area contributed by atoms with Gasteiger partial charge in [0.25, 0.3) is 0 Å². The number of rotatable bonds is 8. The summed E-state index contributed by atoms with van der Waals surface area (Å²) in [5, 5.41) is 16.8. The zero-order valence-corrected chi connectivity index (χ0v) is 21.0. The normalized spacial score (nSPS) is 15.4. The predicted molar refractivity (Wildman–Crippen MR) is 135 cm³/mol. The van der Waals surface area contributed by atoms with E-state index in [1.54, 1.807) is 30.0 Å². The van der Waals surface area contributed by atoms with Crippen molar-refractivity contribution in [3.05, 3.63) is 59.0 Å². The number of furan rings is 1. The summed E-state index contributed by atoms with van der Waals surface area (Å²) in [6.45, 7) is 0.762. The second-order valence-corrected chi connectivity index (χ2v) is 9.92. The van der Waals surface area contributed by atoms with Gasteiger partial charge in [-0.1, -0.05) is 17.4 Å². The number of ether oxygens (including phenoxy) is 3. The SMILES string of the molecule is COc1cc(OCc2cccc(C3(O)CCOCC3)n2)c2cc(-c3cn4nc(CCF)sc4n3)oc2c1. The van der Waals surface area contributed by atoms with Gasteiger partial charge in [-0.15, -0.1) is 0 Å². The Morgan fingerprint density at radius 3 is 2.84 bits per heavy atom. The quantitative estimate of drug-likeness (QED) is 0.312. The number of halogens is 1. The first-order chi connectivity index (χ1) is 18.0. The molecule has 0 amide bonds. The summed E-state index contributed by atoms with van der Waals surface area (Å²) in [6.07, 6.45) is 3.06. The predicted octanol–water partition coefficient (Wildman–Crippen LogP) is 4.70. The number of methoxy groups -OCH3 is 1. The lowest BCUT2D eigenvalue weighted by Gasteiger charge is -2.31. The summed E-state index contributed by atoms with van der Waals surface area (Å²) in [4.78, 5) is 9.94. The Labute approximate surface area is 215 Å². The number of hydrogen-bond acceptors (Lipinski definition) is 9. The van der Waals surface area contributed by atoms with Crippen molar-refractivity contribution < 1.29 is 28.1 Å².